The van der Waals surface area contributed by atoms with Crippen LogP contribution in [0.4, 0.5) is 0 Å². The van der Waals surface area contributed by atoms with Gasteiger partial charge < -0.3 is 11.1 Å². The maximum Gasteiger partial charge on any atom is 0.220 e. The van der Waals surface area contributed by atoms with Gasteiger partial charge in [-0.3, -0.25) is 4.79 Å². The highest BCUT2D eigenvalue weighted by atomic mass is 32.2. The molecule has 2 saturated heterocycles. The lowest BCUT2D eigenvalue weighted by molar-refractivity contribution is -0.123. The van der Waals surface area contributed by atoms with E-state index in [4.69, 9.17) is 5.73 Å². The zero-order chi connectivity index (χ0) is 15.3. The van der Waals surface area contributed by atoms with Gasteiger partial charge >= 0.3 is 0 Å². The largest absolute Gasteiger partial charge is 0.369 e. The summed E-state index contributed by atoms with van der Waals surface area (Å²) in [5.74, 6) is 0.990. The third-order valence-electron chi connectivity index (χ3n) is 5.65. The fourth-order valence-electron chi connectivity index (χ4n) is 4.35. The molecular weight excluding hydrogens is 290 g/mol. The molecule has 1 saturated carbocycles. The molecule has 0 aromatic rings. The molecule has 120 valence electrons. The summed E-state index contributed by atoms with van der Waals surface area (Å²) in [5, 5.41) is 3.60. The van der Waals surface area contributed by atoms with Crippen molar-refractivity contribution in [1.82, 2.24) is 9.62 Å². The van der Waals surface area contributed by atoms with Crippen LogP contribution in [0.2, 0.25) is 0 Å². The van der Waals surface area contributed by atoms with Crippen LogP contribution in [0.3, 0.4) is 0 Å². The molecule has 0 bridgehead atoms. The van der Waals surface area contributed by atoms with Crippen LogP contribution in [-0.4, -0.2) is 50.1 Å². The summed E-state index contributed by atoms with van der Waals surface area (Å²) in [6, 6.07) is 0. The molecule has 0 aromatic carbocycles. The van der Waals surface area contributed by atoms with Gasteiger partial charge in [0.05, 0.1) is 6.26 Å². The van der Waals surface area contributed by atoms with E-state index in [1.807, 2.05) is 0 Å². The van der Waals surface area contributed by atoms with Crippen LogP contribution in [0.25, 0.3) is 0 Å². The Balaban J connectivity index is 1.58. The number of rotatable bonds is 3. The van der Waals surface area contributed by atoms with Crippen molar-refractivity contribution in [2.24, 2.45) is 23.5 Å². The fourth-order valence-corrected chi connectivity index (χ4v) is 5.23. The highest BCUT2D eigenvalue weighted by molar-refractivity contribution is 7.88. The van der Waals surface area contributed by atoms with Crippen molar-refractivity contribution < 1.29 is 13.2 Å². The molecule has 0 radical (unpaired) electrons. The van der Waals surface area contributed by atoms with Gasteiger partial charge in [-0.25, -0.2) is 12.7 Å². The average Bonchev–Trinajstić information content (AvgIpc) is 3.11. The van der Waals surface area contributed by atoms with Crippen molar-refractivity contribution in [1.29, 1.82) is 0 Å². The monoisotopic (exact) mass is 315 g/mol. The van der Waals surface area contributed by atoms with Crippen molar-refractivity contribution in [3.63, 3.8) is 0 Å². The van der Waals surface area contributed by atoms with Crippen LogP contribution in [0.5, 0.6) is 0 Å². The molecule has 21 heavy (non-hydrogen) atoms. The molecule has 3 atom stereocenters. The Hall–Kier alpha value is -0.660. The minimum absolute atomic E-state index is 0.00681. The van der Waals surface area contributed by atoms with Gasteiger partial charge in [0, 0.05) is 24.5 Å². The molecule has 1 aliphatic carbocycles. The second kappa shape index (κ2) is 5.21. The molecule has 7 heteroatoms. The summed E-state index contributed by atoms with van der Waals surface area (Å²) >= 11 is 0. The standard InChI is InChI=1S/C14H25N3O3S/c1-21(19,20)17-6-3-10(4-7-17)12-9-14(12)8-11(13(15)18)2-5-16-14/h10-12,16H,2-9H2,1H3,(H2,15,18). The first-order chi connectivity index (χ1) is 9.82. The van der Waals surface area contributed by atoms with Crippen molar-refractivity contribution >= 4 is 15.9 Å². The number of sulfonamides is 1. The zero-order valence-corrected chi connectivity index (χ0v) is 13.4. The number of amides is 1. The van der Waals surface area contributed by atoms with Crippen molar-refractivity contribution in [3.8, 4) is 0 Å². The number of nitrogens with zero attached hydrogens (tertiary/aromatic N) is 1. The van der Waals surface area contributed by atoms with Crippen molar-refractivity contribution in [3.05, 3.63) is 0 Å². The minimum atomic E-state index is -3.05. The van der Waals surface area contributed by atoms with Crippen LogP contribution in [-0.2, 0) is 14.8 Å². The van der Waals surface area contributed by atoms with Crippen molar-refractivity contribution in [2.45, 2.75) is 37.6 Å². The fraction of sp³-hybridized carbons (Fsp3) is 0.929. The van der Waals surface area contributed by atoms with Crippen LogP contribution in [0, 0.1) is 17.8 Å². The Morgan fingerprint density at radius 3 is 2.48 bits per heavy atom. The SMILES string of the molecule is CS(=O)(=O)N1CCC(C2CC23CC(C(N)=O)CCN3)CC1. The van der Waals surface area contributed by atoms with Gasteiger partial charge in [-0.05, 0) is 50.5 Å². The van der Waals surface area contributed by atoms with E-state index in [0.717, 1.165) is 38.6 Å². The number of nitrogens with one attached hydrogen (secondary N) is 1. The molecule has 1 spiro atoms. The summed E-state index contributed by atoms with van der Waals surface area (Å²) in [5.41, 5.74) is 5.57. The van der Waals surface area contributed by atoms with E-state index < -0.39 is 10.0 Å². The van der Waals surface area contributed by atoms with Gasteiger partial charge in [-0.2, -0.15) is 0 Å². The number of hydrogen-bond donors (Lipinski definition) is 2. The van der Waals surface area contributed by atoms with Crippen LogP contribution in [0.1, 0.15) is 32.1 Å². The molecule has 1 amide bonds. The number of primary amides is 1. The Kier molecular flexibility index (Phi) is 3.78. The molecule has 6 nitrogen and oxygen atoms in total. The second-order valence-electron chi connectivity index (χ2n) is 6.99. The average molecular weight is 315 g/mol. The lowest BCUT2D eigenvalue weighted by Crippen LogP contribution is -2.47. The summed E-state index contributed by atoms with van der Waals surface area (Å²) in [6.45, 7) is 2.14. The van der Waals surface area contributed by atoms with E-state index in [2.05, 4.69) is 5.32 Å². The van der Waals surface area contributed by atoms with Gasteiger partial charge in [-0.1, -0.05) is 0 Å². The summed E-state index contributed by atoms with van der Waals surface area (Å²) in [4.78, 5) is 11.4. The molecule has 0 aromatic heterocycles. The Morgan fingerprint density at radius 1 is 1.24 bits per heavy atom. The highest BCUT2D eigenvalue weighted by Gasteiger charge is 2.59. The molecule has 3 aliphatic rings. The van der Waals surface area contributed by atoms with Crippen LogP contribution < -0.4 is 11.1 Å². The Morgan fingerprint density at radius 2 is 1.90 bits per heavy atom. The first-order valence-electron chi connectivity index (χ1n) is 7.81. The third kappa shape index (κ3) is 2.96. The molecule has 3 unspecified atom stereocenters. The lowest BCUT2D eigenvalue weighted by Gasteiger charge is -2.34. The van der Waals surface area contributed by atoms with Gasteiger partial charge in [-0.15, -0.1) is 0 Å². The predicted molar refractivity (Wildman–Crippen MR) is 79.9 cm³/mol. The van der Waals surface area contributed by atoms with E-state index in [0.29, 0.717) is 24.9 Å². The summed E-state index contributed by atoms with van der Waals surface area (Å²) in [7, 11) is -3.05. The van der Waals surface area contributed by atoms with Gasteiger partial charge in [0.15, 0.2) is 0 Å². The maximum atomic E-state index is 11.6. The molecular formula is C14H25N3O3S. The lowest BCUT2D eigenvalue weighted by atomic mass is 9.84. The zero-order valence-electron chi connectivity index (χ0n) is 12.5. The van der Waals surface area contributed by atoms with E-state index in [9.17, 15) is 13.2 Å². The Labute approximate surface area is 126 Å². The highest BCUT2D eigenvalue weighted by Crippen LogP contribution is 2.56. The van der Waals surface area contributed by atoms with Crippen LogP contribution in [0.15, 0.2) is 0 Å². The number of piperidine rings is 2. The summed E-state index contributed by atoms with van der Waals surface area (Å²) in [6.07, 6.45) is 5.97. The number of carbonyl (C=O) groups excluding carboxylic acids is 1. The second-order valence-corrected chi connectivity index (χ2v) is 8.97. The number of hydrogen-bond acceptors (Lipinski definition) is 4. The maximum absolute atomic E-state index is 11.6. The molecule has 2 aliphatic heterocycles. The van der Waals surface area contributed by atoms with Crippen molar-refractivity contribution in [2.75, 3.05) is 25.9 Å². The van der Waals surface area contributed by atoms with E-state index in [1.54, 1.807) is 4.31 Å². The van der Waals surface area contributed by atoms with Gasteiger partial charge in [0.1, 0.15) is 0 Å². The normalized spacial score (nSPS) is 38.5. The van der Waals surface area contributed by atoms with Crippen LogP contribution >= 0.6 is 0 Å². The Bertz CT molecular complexity index is 528. The van der Waals surface area contributed by atoms with Gasteiger partial charge in [0.25, 0.3) is 0 Å². The first-order valence-corrected chi connectivity index (χ1v) is 9.66. The quantitative estimate of drug-likeness (QED) is 0.761. The number of nitrogens with two attached hydrogens (primary N) is 1. The predicted octanol–water partition coefficient (Wildman–Crippen LogP) is -0.0984. The topological polar surface area (TPSA) is 92.5 Å². The van der Waals surface area contributed by atoms with E-state index >= 15 is 0 Å². The van der Waals surface area contributed by atoms with E-state index in [-0.39, 0.29) is 17.4 Å². The molecule has 3 rings (SSSR count). The molecule has 3 fully saturated rings. The third-order valence-corrected chi connectivity index (χ3v) is 6.96. The smallest absolute Gasteiger partial charge is 0.220 e. The van der Waals surface area contributed by atoms with E-state index in [1.165, 1.54) is 6.26 Å². The molecule has 3 N–H and O–H groups in total. The number of carbonyl (C=O) groups is 1. The molecule has 2 heterocycles. The summed E-state index contributed by atoms with van der Waals surface area (Å²) < 4.78 is 24.7. The first kappa shape index (κ1) is 15.2. The van der Waals surface area contributed by atoms with Gasteiger partial charge in [0.2, 0.25) is 15.9 Å². The minimum Gasteiger partial charge on any atom is -0.369 e.